The van der Waals surface area contributed by atoms with Crippen LogP contribution >= 0.6 is 0 Å². The molecule has 45 heteroatoms. The van der Waals surface area contributed by atoms with E-state index >= 15 is 0 Å². The summed E-state index contributed by atoms with van der Waals surface area (Å²) in [6, 6.07) is -3.37. The molecule has 0 unspecified atom stereocenters. The Bertz CT molecular complexity index is 2880. The zero-order chi connectivity index (χ0) is 80.3. The number of carbonyl (C=O) groups excluding carboxylic acids is 2. The van der Waals surface area contributed by atoms with Gasteiger partial charge in [-0.25, -0.2) is 0 Å². The molecule has 0 spiro atoms. The molecule has 0 aliphatic carbocycles. The third-order valence-electron chi connectivity index (χ3n) is 21.4. The molecule has 0 bridgehead atoms. The van der Waals surface area contributed by atoms with E-state index in [0.717, 1.165) is 13.8 Å². The van der Waals surface area contributed by atoms with E-state index in [1.807, 2.05) is 0 Å². The van der Waals surface area contributed by atoms with E-state index in [1.54, 1.807) is 0 Å². The minimum atomic E-state index is -2.30. The Labute approximate surface area is 622 Å². The highest BCUT2D eigenvalue weighted by Gasteiger charge is 2.62. The van der Waals surface area contributed by atoms with Gasteiger partial charge < -0.3 is 213 Å². The van der Waals surface area contributed by atoms with Crippen LogP contribution in [0, 0.1) is 0 Å². The fourth-order valence-electron chi connectivity index (χ4n) is 14.7. The molecule has 0 radical (unpaired) electrons. The maximum absolute atomic E-state index is 12.7. The monoisotopic (exact) mass is 1590 g/mol. The fourth-order valence-corrected chi connectivity index (χ4v) is 14.7. The van der Waals surface area contributed by atoms with Gasteiger partial charge in [-0.2, -0.15) is 0 Å². The molecule has 10 fully saturated rings. The SMILES string of the molecule is CC(=O)N[C@@H]1[C@H](O[C@@H]2[C@@H](O)[C@H](C)O[C@@H](O[C@@H]3[C@@H](O)[C@H](C)O[C@@H](O[C@@H]4[C@@H](O)[C@H](C)O[C@@H](O[C@H]5[C@H](O[C@H]6[C@H](O[C@@H]7[C@@H](O)[C@H](C)O[C@@H](O[C@@H]8[C@@H](O)[C@H](C)O[C@@H](O)[C@@H]8O)[C@@H]7O)O[C@@H](C)[C@H](O)[C@H]6O[C@@H]6O[C@H](CO)[C@@H](O)[C@H](O)[C@H]6NC(C)=O)O[C@@H](C)[C@H](O)[C@H]5O)[C@@H]4O)[C@@H]3O)[C@@H]2O[C@@H]2O[C@@H](C)[C@H](O)[C@@H](O)[C@H]2O)O[C@H](CO)[C@@H](O)[C@@H]1O. The van der Waals surface area contributed by atoms with Crippen molar-refractivity contribution in [3.63, 3.8) is 0 Å². The number of nitrogens with one attached hydrogen (secondary N) is 2. The molecule has 10 aliphatic rings. The topological polar surface area (TPSA) is 679 Å². The molecule has 109 heavy (non-hydrogen) atoms. The highest BCUT2D eigenvalue weighted by atomic mass is 16.8. The summed E-state index contributed by atoms with van der Waals surface area (Å²) in [6.07, 6.45) is -89.5. The first-order chi connectivity index (χ1) is 51.2. The van der Waals surface area contributed by atoms with Gasteiger partial charge in [0.25, 0.3) is 0 Å². The van der Waals surface area contributed by atoms with Crippen LogP contribution in [-0.4, -0.2) is 444 Å². The van der Waals surface area contributed by atoms with Gasteiger partial charge in [-0.05, 0) is 55.4 Å². The van der Waals surface area contributed by atoms with Crippen molar-refractivity contribution in [2.24, 2.45) is 0 Å². The van der Waals surface area contributed by atoms with Gasteiger partial charge in [0.2, 0.25) is 11.8 Å². The van der Waals surface area contributed by atoms with E-state index in [0.29, 0.717) is 0 Å². The lowest BCUT2D eigenvalue weighted by molar-refractivity contribution is -0.415. The average Bonchev–Trinajstić information content (AvgIpc) is 0.764. The van der Waals surface area contributed by atoms with Gasteiger partial charge >= 0.3 is 0 Å². The zero-order valence-electron chi connectivity index (χ0n) is 60.7. The Morgan fingerprint density at radius 1 is 0.239 bits per heavy atom. The fraction of sp³-hybridized carbons (Fsp3) is 0.969. The minimum absolute atomic E-state index is 0.779. The van der Waals surface area contributed by atoms with Crippen LogP contribution in [0.1, 0.15) is 69.2 Å². The van der Waals surface area contributed by atoms with Crippen LogP contribution in [0.5, 0.6) is 0 Å². The molecule has 45 nitrogen and oxygen atoms in total. The van der Waals surface area contributed by atoms with Crippen LogP contribution < -0.4 is 10.6 Å². The summed E-state index contributed by atoms with van der Waals surface area (Å²) in [7, 11) is 0. The van der Waals surface area contributed by atoms with E-state index in [-0.39, 0.29) is 0 Å². The molecule has 50 atom stereocenters. The van der Waals surface area contributed by atoms with Crippen molar-refractivity contribution in [3.8, 4) is 0 Å². The minimum Gasteiger partial charge on any atom is -0.394 e. The standard InChI is InChI=1S/C64H108N2O43/c1-13-27(71)39(83)41(85)58(92-13)108-53-50(105-56-25(65-21(9)69)37(81)35(79)23(11-67)99-56)33(77)19(7)97-63(53)103-49-32(76)18(6)94-60(45(49)89)102-47-30(74)16(4)95-61(43(47)87)107-52-40(84)28(72)14(2)96-62(52)109-54-51(106-57-26(66-22(10)70)38(82)36(80)24(12-68)100-57)34(78)20(8)98-64(54)104-48-31(75)17(5)93-59(44(48)88)101-46-29(73)15(3)91-55(90)42(46)86/h13-20,23-64,67-68,71-90H,11-12H2,1-10H3,(H,65,69)(H,66,70)/t13-,14-,15-,16-,17-,18-,19-,20-,23+,24+,25-,26+,27-,28-,29-,30-,31-,32-,33-,34-,35+,36+,37+,38+,39+,40+,41+,42+,43+,44+,45+,46+,47+,48+,49+,50+,51+,52+,53+,54+,55+,56-,57-,58-,59-,60-,61-,62-,63-,64-/m0/s1. The molecular formula is C64H108N2O43. The summed E-state index contributed by atoms with van der Waals surface area (Å²) >= 11 is 0. The Balaban J connectivity index is 0.935. The Kier molecular flexibility index (Phi) is 30.0. The maximum atomic E-state index is 12.7. The predicted octanol–water partition coefficient (Wildman–Crippen LogP) is -14.3. The van der Waals surface area contributed by atoms with Crippen molar-refractivity contribution >= 4 is 11.8 Å². The normalized spacial score (nSPS) is 54.3. The van der Waals surface area contributed by atoms with Gasteiger partial charge in [0.05, 0.1) is 62.0 Å². The van der Waals surface area contributed by atoms with Crippen LogP contribution in [0.15, 0.2) is 0 Å². The lowest BCUT2D eigenvalue weighted by Gasteiger charge is -2.52. The molecule has 10 aliphatic heterocycles. The highest BCUT2D eigenvalue weighted by Crippen LogP contribution is 2.42. The molecule has 0 saturated carbocycles. The molecule has 2 amide bonds. The van der Waals surface area contributed by atoms with E-state index in [2.05, 4.69) is 10.6 Å². The smallest absolute Gasteiger partial charge is 0.217 e. The maximum Gasteiger partial charge on any atom is 0.217 e. The zero-order valence-corrected chi connectivity index (χ0v) is 60.7. The Morgan fingerprint density at radius 3 is 0.835 bits per heavy atom. The molecule has 24 N–H and O–H groups in total. The molecular weight excluding hydrogens is 1480 g/mol. The predicted molar refractivity (Wildman–Crippen MR) is 342 cm³/mol. The number of amides is 2. The largest absolute Gasteiger partial charge is 0.394 e. The van der Waals surface area contributed by atoms with Crippen LogP contribution in [0.4, 0.5) is 0 Å². The molecule has 10 rings (SSSR count). The number of hydrogen-bond donors (Lipinski definition) is 24. The molecule has 0 aromatic carbocycles. The summed E-state index contributed by atoms with van der Waals surface area (Å²) in [4.78, 5) is 25.2. The number of aliphatic hydroxyl groups excluding tert-OH is 22. The van der Waals surface area contributed by atoms with Crippen molar-refractivity contribution in [1.29, 1.82) is 0 Å². The first-order valence-electron chi connectivity index (χ1n) is 36.0. The van der Waals surface area contributed by atoms with Crippen molar-refractivity contribution in [2.45, 2.75) is 376 Å². The lowest BCUT2D eigenvalue weighted by atomic mass is 9.94. The van der Waals surface area contributed by atoms with Gasteiger partial charge in [0, 0.05) is 13.8 Å². The molecule has 10 saturated heterocycles. The van der Waals surface area contributed by atoms with Gasteiger partial charge in [-0.1, -0.05) is 0 Å². The Hall–Kier alpha value is -2.70. The third kappa shape index (κ3) is 18.7. The van der Waals surface area contributed by atoms with E-state index in [1.165, 1.54) is 55.4 Å². The van der Waals surface area contributed by atoms with Gasteiger partial charge in [0.15, 0.2) is 62.9 Å². The Morgan fingerprint density at radius 2 is 0.486 bits per heavy atom. The number of aliphatic hydroxyl groups is 22. The molecule has 632 valence electrons. The van der Waals surface area contributed by atoms with Crippen molar-refractivity contribution in [2.75, 3.05) is 13.2 Å². The van der Waals surface area contributed by atoms with E-state index in [4.69, 9.17) is 90.0 Å². The summed E-state index contributed by atoms with van der Waals surface area (Å²) in [6.45, 7) is 10.5. The summed E-state index contributed by atoms with van der Waals surface area (Å²) in [5.74, 6) is -1.59. The average molecular weight is 1590 g/mol. The van der Waals surface area contributed by atoms with Crippen LogP contribution in [0.3, 0.4) is 0 Å². The first-order valence-corrected chi connectivity index (χ1v) is 36.0. The van der Waals surface area contributed by atoms with Gasteiger partial charge in [-0.3, -0.25) is 9.59 Å². The number of rotatable bonds is 22. The summed E-state index contributed by atoms with van der Waals surface area (Å²) in [5.41, 5.74) is 0. The van der Waals surface area contributed by atoms with Crippen LogP contribution in [0.2, 0.25) is 0 Å². The van der Waals surface area contributed by atoms with E-state index < -0.39 is 332 Å². The molecule has 0 aromatic rings. The molecule has 10 heterocycles. The highest BCUT2D eigenvalue weighted by molar-refractivity contribution is 5.73. The molecule has 0 aromatic heterocycles. The first kappa shape index (κ1) is 88.7. The second-order valence-corrected chi connectivity index (χ2v) is 29.3. The quantitative estimate of drug-likeness (QED) is 0.0479. The van der Waals surface area contributed by atoms with Gasteiger partial charge in [-0.15, -0.1) is 0 Å². The van der Waals surface area contributed by atoms with Gasteiger partial charge in [0.1, 0.15) is 195 Å². The third-order valence-corrected chi connectivity index (χ3v) is 21.4. The number of hydrogen-bond acceptors (Lipinski definition) is 43. The number of ether oxygens (including phenoxy) is 19. The summed E-state index contributed by atoms with van der Waals surface area (Å²) < 4.78 is 115. The number of carbonyl (C=O) groups is 2. The van der Waals surface area contributed by atoms with E-state index in [9.17, 15) is 122 Å². The second-order valence-electron chi connectivity index (χ2n) is 29.3. The lowest BCUT2D eigenvalue weighted by Crippen LogP contribution is -2.70. The van der Waals surface area contributed by atoms with Crippen molar-refractivity contribution < 1.29 is 212 Å². The van der Waals surface area contributed by atoms with Crippen LogP contribution in [0.25, 0.3) is 0 Å². The van der Waals surface area contributed by atoms with Crippen LogP contribution in [-0.2, 0) is 99.6 Å². The summed E-state index contributed by atoms with van der Waals surface area (Å²) in [5, 5.41) is 254. The second kappa shape index (κ2) is 36.9. The van der Waals surface area contributed by atoms with Crippen molar-refractivity contribution in [3.05, 3.63) is 0 Å². The van der Waals surface area contributed by atoms with Crippen molar-refractivity contribution in [1.82, 2.24) is 10.6 Å².